The van der Waals surface area contributed by atoms with Gasteiger partial charge in [-0.3, -0.25) is 4.79 Å². The van der Waals surface area contributed by atoms with Gasteiger partial charge in [0.1, 0.15) is 6.04 Å². The molecule has 0 radical (unpaired) electrons. The van der Waals surface area contributed by atoms with Crippen molar-refractivity contribution in [3.05, 3.63) is 29.8 Å². The SMILES string of the molecule is CNC(C)c1ccc(NC(=O)N2CCNC(=O)C2C)cc1. The number of nitrogens with zero attached hydrogens (tertiary/aromatic N) is 1. The van der Waals surface area contributed by atoms with E-state index in [-0.39, 0.29) is 18.0 Å². The molecule has 1 fully saturated rings. The van der Waals surface area contributed by atoms with Crippen molar-refractivity contribution in [2.45, 2.75) is 25.9 Å². The number of benzene rings is 1. The first-order valence-electron chi connectivity index (χ1n) is 7.15. The number of amides is 3. The number of anilines is 1. The fourth-order valence-corrected chi connectivity index (χ4v) is 2.28. The fourth-order valence-electron chi connectivity index (χ4n) is 2.28. The molecule has 1 aliphatic heterocycles. The number of urea groups is 1. The number of carbonyl (C=O) groups is 2. The summed E-state index contributed by atoms with van der Waals surface area (Å²) in [6.45, 7) is 4.82. The molecule has 1 aromatic rings. The first kappa shape index (κ1) is 15.3. The van der Waals surface area contributed by atoms with Crippen LogP contribution in [0.5, 0.6) is 0 Å². The quantitative estimate of drug-likeness (QED) is 0.786. The molecule has 3 N–H and O–H groups in total. The van der Waals surface area contributed by atoms with Crippen LogP contribution in [0.2, 0.25) is 0 Å². The van der Waals surface area contributed by atoms with E-state index in [1.165, 1.54) is 0 Å². The monoisotopic (exact) mass is 290 g/mol. The van der Waals surface area contributed by atoms with Crippen LogP contribution in [0.3, 0.4) is 0 Å². The van der Waals surface area contributed by atoms with E-state index in [4.69, 9.17) is 0 Å². The molecule has 0 aliphatic carbocycles. The standard InChI is InChI=1S/C15H22N4O2/c1-10(16-3)12-4-6-13(7-5-12)18-15(21)19-9-8-17-14(20)11(19)2/h4-7,10-11,16H,8-9H2,1-3H3,(H,17,20)(H,18,21). The van der Waals surface area contributed by atoms with Gasteiger partial charge in [-0.15, -0.1) is 0 Å². The highest BCUT2D eigenvalue weighted by molar-refractivity contribution is 5.94. The third-order valence-corrected chi connectivity index (χ3v) is 3.85. The van der Waals surface area contributed by atoms with Gasteiger partial charge >= 0.3 is 6.03 Å². The van der Waals surface area contributed by atoms with Crippen molar-refractivity contribution in [2.75, 3.05) is 25.5 Å². The number of hydrogen-bond donors (Lipinski definition) is 3. The van der Waals surface area contributed by atoms with Crippen LogP contribution in [0, 0.1) is 0 Å². The molecule has 1 saturated heterocycles. The van der Waals surface area contributed by atoms with E-state index in [9.17, 15) is 9.59 Å². The third kappa shape index (κ3) is 3.52. The maximum absolute atomic E-state index is 12.2. The van der Waals surface area contributed by atoms with Gasteiger partial charge < -0.3 is 20.9 Å². The van der Waals surface area contributed by atoms with Crippen LogP contribution in [-0.4, -0.2) is 43.0 Å². The highest BCUT2D eigenvalue weighted by Gasteiger charge is 2.29. The normalized spacial score (nSPS) is 19.9. The Morgan fingerprint density at radius 2 is 2.05 bits per heavy atom. The largest absolute Gasteiger partial charge is 0.353 e. The molecule has 0 saturated carbocycles. The third-order valence-electron chi connectivity index (χ3n) is 3.85. The molecule has 0 spiro atoms. The molecular formula is C15H22N4O2. The second-order valence-corrected chi connectivity index (χ2v) is 5.22. The lowest BCUT2D eigenvalue weighted by Gasteiger charge is -2.32. The second kappa shape index (κ2) is 6.58. The minimum absolute atomic E-state index is 0.116. The molecule has 1 heterocycles. The van der Waals surface area contributed by atoms with Gasteiger partial charge in [0, 0.05) is 24.8 Å². The Labute approximate surface area is 124 Å². The summed E-state index contributed by atoms with van der Waals surface area (Å²) in [5.74, 6) is -0.116. The summed E-state index contributed by atoms with van der Waals surface area (Å²) in [6, 6.07) is 7.27. The molecule has 114 valence electrons. The number of piperazine rings is 1. The van der Waals surface area contributed by atoms with E-state index < -0.39 is 6.04 Å². The molecule has 1 aliphatic rings. The summed E-state index contributed by atoms with van der Waals surface area (Å²) in [5.41, 5.74) is 1.88. The van der Waals surface area contributed by atoms with Crippen LogP contribution >= 0.6 is 0 Å². The Morgan fingerprint density at radius 1 is 1.38 bits per heavy atom. The molecule has 6 nitrogen and oxygen atoms in total. The number of hydrogen-bond acceptors (Lipinski definition) is 3. The van der Waals surface area contributed by atoms with Crippen LogP contribution in [0.4, 0.5) is 10.5 Å². The van der Waals surface area contributed by atoms with Crippen molar-refractivity contribution in [1.82, 2.24) is 15.5 Å². The summed E-state index contributed by atoms with van der Waals surface area (Å²) in [7, 11) is 1.91. The molecule has 6 heteroatoms. The predicted octanol–water partition coefficient (Wildman–Crippen LogP) is 1.32. The van der Waals surface area contributed by atoms with Gasteiger partial charge in [-0.2, -0.15) is 0 Å². The highest BCUT2D eigenvalue weighted by Crippen LogP contribution is 2.16. The van der Waals surface area contributed by atoms with Crippen LogP contribution in [0.1, 0.15) is 25.5 Å². The number of carbonyl (C=O) groups excluding carboxylic acids is 2. The highest BCUT2D eigenvalue weighted by atomic mass is 16.2. The molecule has 2 atom stereocenters. The number of rotatable bonds is 3. The molecule has 0 bridgehead atoms. The van der Waals surface area contributed by atoms with Crippen molar-refractivity contribution in [1.29, 1.82) is 0 Å². The summed E-state index contributed by atoms with van der Waals surface area (Å²) < 4.78 is 0. The van der Waals surface area contributed by atoms with E-state index in [1.54, 1.807) is 11.8 Å². The average Bonchev–Trinajstić information content (AvgIpc) is 2.50. The van der Waals surface area contributed by atoms with Gasteiger partial charge in [-0.1, -0.05) is 12.1 Å². The number of nitrogens with one attached hydrogen (secondary N) is 3. The first-order valence-corrected chi connectivity index (χ1v) is 7.15. The Hall–Kier alpha value is -2.08. The van der Waals surface area contributed by atoms with Gasteiger partial charge in [-0.25, -0.2) is 4.79 Å². The van der Waals surface area contributed by atoms with Crippen LogP contribution in [0.15, 0.2) is 24.3 Å². The van der Waals surface area contributed by atoms with E-state index in [1.807, 2.05) is 31.3 Å². The molecule has 3 amide bonds. The molecule has 1 aromatic carbocycles. The minimum Gasteiger partial charge on any atom is -0.353 e. The van der Waals surface area contributed by atoms with Crippen molar-refractivity contribution in [3.63, 3.8) is 0 Å². The van der Waals surface area contributed by atoms with E-state index in [2.05, 4.69) is 22.9 Å². The summed E-state index contributed by atoms with van der Waals surface area (Å²) in [6.07, 6.45) is 0. The fraction of sp³-hybridized carbons (Fsp3) is 0.467. The Balaban J connectivity index is 2.00. The zero-order chi connectivity index (χ0) is 15.4. The topological polar surface area (TPSA) is 73.5 Å². The maximum Gasteiger partial charge on any atom is 0.322 e. The smallest absolute Gasteiger partial charge is 0.322 e. The van der Waals surface area contributed by atoms with E-state index in [0.29, 0.717) is 13.1 Å². The lowest BCUT2D eigenvalue weighted by Crippen LogP contribution is -2.56. The van der Waals surface area contributed by atoms with Crippen LogP contribution in [0.25, 0.3) is 0 Å². The van der Waals surface area contributed by atoms with Gasteiger partial charge in [-0.05, 0) is 38.6 Å². The summed E-state index contributed by atoms with van der Waals surface area (Å²) in [4.78, 5) is 25.3. The Kier molecular flexibility index (Phi) is 4.80. The maximum atomic E-state index is 12.2. The minimum atomic E-state index is -0.442. The molecule has 2 unspecified atom stereocenters. The lowest BCUT2D eigenvalue weighted by molar-refractivity contribution is -0.126. The van der Waals surface area contributed by atoms with Gasteiger partial charge in [0.2, 0.25) is 5.91 Å². The van der Waals surface area contributed by atoms with Crippen molar-refractivity contribution in [3.8, 4) is 0 Å². The van der Waals surface area contributed by atoms with Crippen molar-refractivity contribution >= 4 is 17.6 Å². The molecular weight excluding hydrogens is 268 g/mol. The van der Waals surface area contributed by atoms with E-state index in [0.717, 1.165) is 11.3 Å². The lowest BCUT2D eigenvalue weighted by atomic mass is 10.1. The zero-order valence-electron chi connectivity index (χ0n) is 12.6. The van der Waals surface area contributed by atoms with Crippen LogP contribution in [-0.2, 0) is 4.79 Å². The van der Waals surface area contributed by atoms with Crippen molar-refractivity contribution in [2.24, 2.45) is 0 Å². The van der Waals surface area contributed by atoms with Crippen molar-refractivity contribution < 1.29 is 9.59 Å². The van der Waals surface area contributed by atoms with Crippen LogP contribution < -0.4 is 16.0 Å². The molecule has 0 aromatic heterocycles. The predicted molar refractivity (Wildman–Crippen MR) is 82.1 cm³/mol. The van der Waals surface area contributed by atoms with Gasteiger partial charge in [0.15, 0.2) is 0 Å². The Bertz CT molecular complexity index is 515. The second-order valence-electron chi connectivity index (χ2n) is 5.22. The Morgan fingerprint density at radius 3 is 2.67 bits per heavy atom. The summed E-state index contributed by atoms with van der Waals surface area (Å²) >= 11 is 0. The summed E-state index contributed by atoms with van der Waals surface area (Å²) in [5, 5.41) is 8.74. The van der Waals surface area contributed by atoms with Gasteiger partial charge in [0.25, 0.3) is 0 Å². The molecule has 2 rings (SSSR count). The molecule has 21 heavy (non-hydrogen) atoms. The first-order chi connectivity index (χ1) is 10.0. The average molecular weight is 290 g/mol. The van der Waals surface area contributed by atoms with E-state index >= 15 is 0 Å². The van der Waals surface area contributed by atoms with Gasteiger partial charge in [0.05, 0.1) is 0 Å². The zero-order valence-corrected chi connectivity index (χ0v) is 12.6.